The van der Waals surface area contributed by atoms with Crippen LogP contribution in [0.2, 0.25) is 10.0 Å². The summed E-state index contributed by atoms with van der Waals surface area (Å²) in [5.41, 5.74) is 0.687. The van der Waals surface area contributed by atoms with Crippen LogP contribution in [0.3, 0.4) is 0 Å². The summed E-state index contributed by atoms with van der Waals surface area (Å²) in [4.78, 5) is 11.7. The lowest BCUT2D eigenvalue weighted by Gasteiger charge is -2.12. The van der Waals surface area contributed by atoms with Gasteiger partial charge < -0.3 is 5.32 Å². The van der Waals surface area contributed by atoms with Crippen molar-refractivity contribution in [1.29, 1.82) is 0 Å². The minimum Gasteiger partial charge on any atom is -0.353 e. The number of hydrogen-bond donors (Lipinski definition) is 1. The van der Waals surface area contributed by atoms with E-state index in [4.69, 9.17) is 23.2 Å². The SMILES string of the molecule is CCC(C)NC(=O)Cc1c(Cl)cccc1Cl. The third kappa shape index (κ3) is 3.69. The van der Waals surface area contributed by atoms with Crippen LogP contribution in [0.25, 0.3) is 0 Å². The Morgan fingerprint density at radius 2 is 1.94 bits per heavy atom. The maximum absolute atomic E-state index is 11.7. The van der Waals surface area contributed by atoms with Crippen molar-refractivity contribution in [3.05, 3.63) is 33.8 Å². The molecule has 2 nitrogen and oxygen atoms in total. The predicted molar refractivity (Wildman–Crippen MR) is 68.1 cm³/mol. The molecule has 1 aromatic rings. The molecule has 1 atom stereocenters. The van der Waals surface area contributed by atoms with Crippen molar-refractivity contribution in [1.82, 2.24) is 5.32 Å². The number of benzene rings is 1. The first-order chi connectivity index (χ1) is 7.54. The zero-order valence-corrected chi connectivity index (χ0v) is 10.9. The van der Waals surface area contributed by atoms with E-state index in [2.05, 4.69) is 5.32 Å². The highest BCUT2D eigenvalue weighted by Gasteiger charge is 2.11. The zero-order chi connectivity index (χ0) is 12.1. The topological polar surface area (TPSA) is 29.1 Å². The molecule has 0 heterocycles. The van der Waals surface area contributed by atoms with Crippen LogP contribution in [-0.2, 0) is 11.2 Å². The highest BCUT2D eigenvalue weighted by atomic mass is 35.5. The van der Waals surface area contributed by atoms with Crippen LogP contribution in [0.5, 0.6) is 0 Å². The van der Waals surface area contributed by atoms with Crippen molar-refractivity contribution in [2.24, 2.45) is 0 Å². The van der Waals surface area contributed by atoms with E-state index >= 15 is 0 Å². The quantitative estimate of drug-likeness (QED) is 0.882. The first kappa shape index (κ1) is 13.3. The minimum atomic E-state index is -0.0515. The van der Waals surface area contributed by atoms with E-state index in [9.17, 15) is 4.79 Å². The molecule has 1 amide bonds. The molecule has 0 saturated heterocycles. The van der Waals surface area contributed by atoms with E-state index in [0.29, 0.717) is 15.6 Å². The van der Waals surface area contributed by atoms with Gasteiger partial charge in [0.15, 0.2) is 0 Å². The molecule has 0 fully saturated rings. The van der Waals surface area contributed by atoms with E-state index in [-0.39, 0.29) is 18.4 Å². The van der Waals surface area contributed by atoms with Gasteiger partial charge in [0.2, 0.25) is 5.91 Å². The fourth-order valence-corrected chi connectivity index (χ4v) is 1.82. The predicted octanol–water partition coefficient (Wildman–Crippen LogP) is 3.45. The van der Waals surface area contributed by atoms with E-state index in [1.54, 1.807) is 18.2 Å². The molecule has 0 aliphatic carbocycles. The minimum absolute atomic E-state index is 0.0515. The largest absolute Gasteiger partial charge is 0.353 e. The van der Waals surface area contributed by atoms with E-state index in [1.165, 1.54) is 0 Å². The number of nitrogens with one attached hydrogen (secondary N) is 1. The number of carbonyl (C=O) groups excluding carboxylic acids is 1. The molecular formula is C12H15Cl2NO. The van der Waals surface area contributed by atoms with Crippen LogP contribution in [0.4, 0.5) is 0 Å². The number of amides is 1. The van der Waals surface area contributed by atoms with Gasteiger partial charge in [-0.25, -0.2) is 0 Å². The summed E-state index contributed by atoms with van der Waals surface area (Å²) in [5, 5.41) is 3.94. The van der Waals surface area contributed by atoms with Gasteiger partial charge in [-0.1, -0.05) is 36.2 Å². The van der Waals surface area contributed by atoms with Crippen molar-refractivity contribution in [2.75, 3.05) is 0 Å². The molecule has 0 radical (unpaired) electrons. The fraction of sp³-hybridized carbons (Fsp3) is 0.417. The van der Waals surface area contributed by atoms with Gasteiger partial charge in [0, 0.05) is 16.1 Å². The molecule has 16 heavy (non-hydrogen) atoms. The van der Waals surface area contributed by atoms with Crippen LogP contribution >= 0.6 is 23.2 Å². The zero-order valence-electron chi connectivity index (χ0n) is 9.39. The van der Waals surface area contributed by atoms with Gasteiger partial charge in [0.05, 0.1) is 6.42 Å². The van der Waals surface area contributed by atoms with Crippen LogP contribution in [0.1, 0.15) is 25.8 Å². The molecular weight excluding hydrogens is 245 g/mol. The molecule has 0 aliphatic heterocycles. The Morgan fingerprint density at radius 3 is 2.44 bits per heavy atom. The molecule has 1 N–H and O–H groups in total. The lowest BCUT2D eigenvalue weighted by atomic mass is 10.1. The highest BCUT2D eigenvalue weighted by molar-refractivity contribution is 6.36. The lowest BCUT2D eigenvalue weighted by molar-refractivity contribution is -0.121. The number of carbonyl (C=O) groups is 1. The average molecular weight is 260 g/mol. The number of hydrogen-bond acceptors (Lipinski definition) is 1. The Bertz CT molecular complexity index is 359. The first-order valence-electron chi connectivity index (χ1n) is 5.26. The van der Waals surface area contributed by atoms with Crippen molar-refractivity contribution < 1.29 is 4.79 Å². The fourth-order valence-electron chi connectivity index (χ4n) is 1.29. The average Bonchev–Trinajstić information content (AvgIpc) is 2.23. The second-order valence-corrected chi connectivity index (χ2v) is 4.57. The number of rotatable bonds is 4. The summed E-state index contributed by atoms with van der Waals surface area (Å²) in [6.07, 6.45) is 1.13. The summed E-state index contributed by atoms with van der Waals surface area (Å²) in [5.74, 6) is -0.0515. The Labute approximate surface area is 106 Å². The molecule has 1 unspecified atom stereocenters. The lowest BCUT2D eigenvalue weighted by Crippen LogP contribution is -2.33. The summed E-state index contributed by atoms with van der Waals surface area (Å²) >= 11 is 12.0. The third-order valence-corrected chi connectivity index (χ3v) is 3.13. The molecule has 88 valence electrons. The molecule has 0 aromatic heterocycles. The van der Waals surface area contributed by atoms with Gasteiger partial charge in [-0.05, 0) is 31.0 Å². The first-order valence-corrected chi connectivity index (χ1v) is 6.02. The monoisotopic (exact) mass is 259 g/mol. The Morgan fingerprint density at radius 1 is 1.38 bits per heavy atom. The summed E-state index contributed by atoms with van der Waals surface area (Å²) in [6, 6.07) is 5.41. The molecule has 0 spiro atoms. The van der Waals surface area contributed by atoms with E-state index in [0.717, 1.165) is 6.42 Å². The van der Waals surface area contributed by atoms with Crippen LogP contribution < -0.4 is 5.32 Å². The van der Waals surface area contributed by atoms with Crippen molar-refractivity contribution >= 4 is 29.1 Å². The molecule has 4 heteroatoms. The maximum Gasteiger partial charge on any atom is 0.224 e. The number of halogens is 2. The van der Waals surface area contributed by atoms with Crippen molar-refractivity contribution in [2.45, 2.75) is 32.7 Å². The molecule has 1 aromatic carbocycles. The third-order valence-electron chi connectivity index (χ3n) is 2.42. The van der Waals surface area contributed by atoms with Crippen molar-refractivity contribution in [3.8, 4) is 0 Å². The normalized spacial score (nSPS) is 12.2. The van der Waals surface area contributed by atoms with Gasteiger partial charge in [0.1, 0.15) is 0 Å². The summed E-state index contributed by atoms with van der Waals surface area (Å²) in [6.45, 7) is 3.99. The second-order valence-electron chi connectivity index (χ2n) is 3.75. The molecule has 0 saturated carbocycles. The van der Waals surface area contributed by atoms with Gasteiger partial charge >= 0.3 is 0 Å². The summed E-state index contributed by atoms with van der Waals surface area (Å²) in [7, 11) is 0. The van der Waals surface area contributed by atoms with E-state index in [1.807, 2.05) is 13.8 Å². The molecule has 1 rings (SSSR count). The second kappa shape index (κ2) is 6.12. The van der Waals surface area contributed by atoms with Crippen LogP contribution in [-0.4, -0.2) is 11.9 Å². The van der Waals surface area contributed by atoms with Crippen molar-refractivity contribution in [3.63, 3.8) is 0 Å². The smallest absolute Gasteiger partial charge is 0.224 e. The maximum atomic E-state index is 11.7. The Kier molecular flexibility index (Phi) is 5.10. The van der Waals surface area contributed by atoms with E-state index < -0.39 is 0 Å². The molecule has 0 aliphatic rings. The highest BCUT2D eigenvalue weighted by Crippen LogP contribution is 2.24. The van der Waals surface area contributed by atoms with Crippen LogP contribution in [0.15, 0.2) is 18.2 Å². The Balaban J connectivity index is 2.70. The van der Waals surface area contributed by atoms with Gasteiger partial charge in [-0.15, -0.1) is 0 Å². The van der Waals surface area contributed by atoms with Gasteiger partial charge in [-0.2, -0.15) is 0 Å². The van der Waals surface area contributed by atoms with Gasteiger partial charge in [0.25, 0.3) is 0 Å². The standard InChI is InChI=1S/C12H15Cl2NO/c1-3-8(2)15-12(16)7-9-10(13)5-4-6-11(9)14/h4-6,8H,3,7H2,1-2H3,(H,15,16). The Hall–Kier alpha value is -0.730. The van der Waals surface area contributed by atoms with Gasteiger partial charge in [-0.3, -0.25) is 4.79 Å². The molecule has 0 bridgehead atoms. The van der Waals surface area contributed by atoms with Crippen LogP contribution in [0, 0.1) is 0 Å². The summed E-state index contributed by atoms with van der Waals surface area (Å²) < 4.78 is 0.